The molecule has 3 heterocycles. The third-order valence-electron chi connectivity index (χ3n) is 4.96. The van der Waals surface area contributed by atoms with E-state index in [-0.39, 0.29) is 5.54 Å². The summed E-state index contributed by atoms with van der Waals surface area (Å²) >= 11 is 1.94. The smallest absolute Gasteiger partial charge is 0.227 e. The van der Waals surface area contributed by atoms with Crippen LogP contribution < -0.4 is 0 Å². The van der Waals surface area contributed by atoms with E-state index in [2.05, 4.69) is 30.6 Å². The quantitative estimate of drug-likeness (QED) is 0.737. The first-order valence-electron chi connectivity index (χ1n) is 7.62. The maximum atomic E-state index is 12.7. The van der Waals surface area contributed by atoms with Crippen LogP contribution in [0, 0.1) is 5.92 Å². The fraction of sp³-hybridized carbons (Fsp3) is 0.933. The van der Waals surface area contributed by atoms with Crippen molar-refractivity contribution < 1.29 is 4.79 Å². The zero-order valence-electron chi connectivity index (χ0n) is 12.4. The molecule has 0 aromatic heterocycles. The van der Waals surface area contributed by atoms with Crippen molar-refractivity contribution >= 4 is 17.7 Å². The van der Waals surface area contributed by atoms with E-state index >= 15 is 0 Å². The topological polar surface area (TPSA) is 23.6 Å². The van der Waals surface area contributed by atoms with Gasteiger partial charge in [0.1, 0.15) is 0 Å². The minimum Gasteiger partial charge on any atom is -0.334 e. The van der Waals surface area contributed by atoms with Gasteiger partial charge in [0.25, 0.3) is 0 Å². The minimum atomic E-state index is 0.235. The number of carbonyl (C=O) groups excluding carboxylic acids is 1. The van der Waals surface area contributed by atoms with E-state index in [0.29, 0.717) is 23.9 Å². The lowest BCUT2D eigenvalue weighted by Gasteiger charge is -2.47. The lowest BCUT2D eigenvalue weighted by molar-refractivity contribution is -0.141. The number of fused-ring (bicyclic) bond motifs is 2. The van der Waals surface area contributed by atoms with Crippen molar-refractivity contribution in [1.82, 2.24) is 9.80 Å². The highest BCUT2D eigenvalue weighted by atomic mass is 32.2. The minimum absolute atomic E-state index is 0.235. The molecule has 3 atom stereocenters. The van der Waals surface area contributed by atoms with Gasteiger partial charge in [-0.15, -0.1) is 0 Å². The summed E-state index contributed by atoms with van der Waals surface area (Å²) in [6.07, 6.45) is 3.52. The third kappa shape index (κ3) is 2.54. The first-order valence-corrected chi connectivity index (χ1v) is 8.77. The third-order valence-corrected chi connectivity index (χ3v) is 6.13. The molecule has 2 bridgehead atoms. The maximum Gasteiger partial charge on any atom is 0.227 e. The number of hydrogen-bond acceptors (Lipinski definition) is 3. The Morgan fingerprint density at radius 1 is 1.11 bits per heavy atom. The molecular weight excluding hydrogens is 256 g/mol. The van der Waals surface area contributed by atoms with Gasteiger partial charge in [-0.25, -0.2) is 0 Å². The highest BCUT2D eigenvalue weighted by molar-refractivity contribution is 7.99. The van der Waals surface area contributed by atoms with E-state index in [1.165, 1.54) is 18.6 Å². The van der Waals surface area contributed by atoms with Gasteiger partial charge in [0.05, 0.1) is 0 Å². The number of carbonyl (C=O) groups is 1. The van der Waals surface area contributed by atoms with Gasteiger partial charge in [-0.2, -0.15) is 11.8 Å². The molecule has 0 spiro atoms. The number of amides is 1. The van der Waals surface area contributed by atoms with Crippen LogP contribution in [0.5, 0.6) is 0 Å². The summed E-state index contributed by atoms with van der Waals surface area (Å²) in [5.41, 5.74) is 0.235. The van der Waals surface area contributed by atoms with Crippen LogP contribution in [0.4, 0.5) is 0 Å². The van der Waals surface area contributed by atoms with Crippen LogP contribution in [-0.2, 0) is 4.79 Å². The standard InChI is InChI=1S/C15H26N2OS/c1-15(2,3)16-8-12-4-5-13(9-16)17(12)14(18)11-6-7-19-10-11/h11-13H,4-10H2,1-3H3. The molecule has 0 saturated carbocycles. The summed E-state index contributed by atoms with van der Waals surface area (Å²) in [4.78, 5) is 17.6. The molecule has 0 aliphatic carbocycles. The first kappa shape index (κ1) is 13.7. The van der Waals surface area contributed by atoms with Crippen LogP contribution in [0.25, 0.3) is 0 Å². The zero-order chi connectivity index (χ0) is 13.6. The largest absolute Gasteiger partial charge is 0.334 e. The lowest BCUT2D eigenvalue weighted by atomic mass is 10.00. The Bertz CT molecular complexity index is 346. The van der Waals surface area contributed by atoms with Crippen LogP contribution in [0.2, 0.25) is 0 Å². The normalized spacial score (nSPS) is 35.9. The Morgan fingerprint density at radius 3 is 2.21 bits per heavy atom. The molecule has 3 aliphatic rings. The summed E-state index contributed by atoms with van der Waals surface area (Å²) < 4.78 is 0. The van der Waals surface area contributed by atoms with E-state index in [4.69, 9.17) is 0 Å². The Labute approximate surface area is 121 Å². The number of likely N-dealkylation sites (tertiary alicyclic amines) is 1. The maximum absolute atomic E-state index is 12.7. The molecule has 3 rings (SSSR count). The molecule has 19 heavy (non-hydrogen) atoms. The second kappa shape index (κ2) is 4.96. The van der Waals surface area contributed by atoms with E-state index in [1.54, 1.807) is 0 Å². The molecule has 3 aliphatic heterocycles. The van der Waals surface area contributed by atoms with E-state index < -0.39 is 0 Å². The van der Waals surface area contributed by atoms with Crippen LogP contribution in [-0.4, -0.2) is 57.9 Å². The Hall–Kier alpha value is -0.220. The van der Waals surface area contributed by atoms with Crippen molar-refractivity contribution in [3.8, 4) is 0 Å². The molecule has 0 aromatic carbocycles. The number of nitrogens with zero attached hydrogens (tertiary/aromatic N) is 2. The molecule has 4 heteroatoms. The van der Waals surface area contributed by atoms with Gasteiger partial charge in [0, 0.05) is 42.4 Å². The van der Waals surface area contributed by atoms with Crippen molar-refractivity contribution in [3.63, 3.8) is 0 Å². The van der Waals surface area contributed by atoms with Crippen LogP contribution in [0.1, 0.15) is 40.0 Å². The Kier molecular flexibility index (Phi) is 3.59. The Balaban J connectivity index is 1.71. The highest BCUT2D eigenvalue weighted by Gasteiger charge is 2.46. The SMILES string of the molecule is CC(C)(C)N1CC2CCC(C1)N2C(=O)C1CCSC1. The molecule has 3 fully saturated rings. The molecule has 0 aromatic rings. The van der Waals surface area contributed by atoms with E-state index in [9.17, 15) is 4.79 Å². The molecule has 3 unspecified atom stereocenters. The van der Waals surface area contributed by atoms with Gasteiger partial charge in [-0.3, -0.25) is 9.69 Å². The number of rotatable bonds is 1. The van der Waals surface area contributed by atoms with Gasteiger partial charge in [-0.1, -0.05) is 0 Å². The predicted molar refractivity (Wildman–Crippen MR) is 80.4 cm³/mol. The van der Waals surface area contributed by atoms with Gasteiger partial charge in [0.15, 0.2) is 0 Å². The van der Waals surface area contributed by atoms with Gasteiger partial charge in [0.2, 0.25) is 5.91 Å². The molecule has 0 N–H and O–H groups in total. The Morgan fingerprint density at radius 2 is 1.74 bits per heavy atom. The summed E-state index contributed by atoms with van der Waals surface area (Å²) in [7, 11) is 0. The van der Waals surface area contributed by atoms with Crippen molar-refractivity contribution in [2.45, 2.75) is 57.7 Å². The van der Waals surface area contributed by atoms with Gasteiger partial charge in [-0.05, 0) is 45.8 Å². The molecule has 0 radical (unpaired) electrons. The van der Waals surface area contributed by atoms with Crippen molar-refractivity contribution in [2.75, 3.05) is 24.6 Å². The fourth-order valence-electron chi connectivity index (χ4n) is 3.75. The molecular formula is C15H26N2OS. The summed E-state index contributed by atoms with van der Waals surface area (Å²) in [5, 5.41) is 0. The average Bonchev–Trinajstić information content (AvgIpc) is 2.94. The summed E-state index contributed by atoms with van der Waals surface area (Å²) in [5.74, 6) is 3.01. The van der Waals surface area contributed by atoms with Crippen molar-refractivity contribution in [2.24, 2.45) is 5.92 Å². The van der Waals surface area contributed by atoms with Gasteiger partial charge >= 0.3 is 0 Å². The molecule has 108 valence electrons. The fourth-order valence-corrected chi connectivity index (χ4v) is 4.96. The first-order chi connectivity index (χ1) is 8.97. The lowest BCUT2D eigenvalue weighted by Crippen LogP contribution is -2.60. The zero-order valence-corrected chi connectivity index (χ0v) is 13.2. The summed E-state index contributed by atoms with van der Waals surface area (Å²) in [6.45, 7) is 9.02. The van der Waals surface area contributed by atoms with Gasteiger partial charge < -0.3 is 4.90 Å². The highest BCUT2D eigenvalue weighted by Crippen LogP contribution is 2.36. The molecule has 3 nitrogen and oxygen atoms in total. The van der Waals surface area contributed by atoms with Crippen LogP contribution >= 0.6 is 11.8 Å². The average molecular weight is 282 g/mol. The number of hydrogen-bond donors (Lipinski definition) is 0. The van der Waals surface area contributed by atoms with Crippen LogP contribution in [0.15, 0.2) is 0 Å². The number of thioether (sulfide) groups is 1. The van der Waals surface area contributed by atoms with E-state index in [0.717, 1.165) is 25.3 Å². The second-order valence-electron chi connectivity index (χ2n) is 7.27. The van der Waals surface area contributed by atoms with Crippen molar-refractivity contribution in [1.29, 1.82) is 0 Å². The molecule has 1 amide bonds. The predicted octanol–water partition coefficient (Wildman–Crippen LogP) is 2.21. The monoisotopic (exact) mass is 282 g/mol. The van der Waals surface area contributed by atoms with E-state index in [1.807, 2.05) is 11.8 Å². The van der Waals surface area contributed by atoms with Crippen LogP contribution in [0.3, 0.4) is 0 Å². The summed E-state index contributed by atoms with van der Waals surface area (Å²) in [6, 6.07) is 0.965. The molecule has 3 saturated heterocycles. The van der Waals surface area contributed by atoms with Crippen molar-refractivity contribution in [3.05, 3.63) is 0 Å². The second-order valence-corrected chi connectivity index (χ2v) is 8.42. The number of piperazine rings is 1.